The molecule has 2 N–H and O–H groups in total. The van der Waals surface area contributed by atoms with Gasteiger partial charge in [0.15, 0.2) is 0 Å². The molecule has 1 aromatic carbocycles. The summed E-state index contributed by atoms with van der Waals surface area (Å²) >= 11 is 0. The summed E-state index contributed by atoms with van der Waals surface area (Å²) in [6, 6.07) is 6.85. The van der Waals surface area contributed by atoms with Crippen molar-refractivity contribution in [3.05, 3.63) is 18.2 Å². The summed E-state index contributed by atoms with van der Waals surface area (Å²) in [7, 11) is 0. The van der Waals surface area contributed by atoms with E-state index in [1.807, 2.05) is 0 Å². The van der Waals surface area contributed by atoms with Crippen LogP contribution in [0.4, 0.5) is 11.4 Å². The predicted octanol–water partition coefficient (Wildman–Crippen LogP) is 1.29. The van der Waals surface area contributed by atoms with E-state index < -0.39 is 0 Å². The molecule has 0 radical (unpaired) electrons. The molecule has 92 valence electrons. The van der Waals surface area contributed by atoms with Crippen LogP contribution in [0.1, 0.15) is 6.92 Å². The second-order valence-electron chi connectivity index (χ2n) is 4.77. The first-order chi connectivity index (χ1) is 8.33. The Morgan fingerprint density at radius 1 is 1.29 bits per heavy atom. The van der Waals surface area contributed by atoms with Gasteiger partial charge in [0.1, 0.15) is 12.4 Å². The minimum atomic E-state index is 0.396. The molecular weight excluding hydrogens is 214 g/mol. The van der Waals surface area contributed by atoms with Crippen molar-refractivity contribution in [3.8, 4) is 5.75 Å². The topological polar surface area (TPSA) is 36.5 Å². The summed E-state index contributed by atoms with van der Waals surface area (Å²) in [5, 5.41) is 6.80. The van der Waals surface area contributed by atoms with E-state index in [0.717, 1.165) is 44.2 Å². The Morgan fingerprint density at radius 3 is 2.94 bits per heavy atom. The Balaban J connectivity index is 1.82. The molecule has 0 spiro atoms. The van der Waals surface area contributed by atoms with Gasteiger partial charge in [0.05, 0.1) is 11.7 Å². The summed E-state index contributed by atoms with van der Waals surface area (Å²) in [5.41, 5.74) is 2.38. The molecule has 17 heavy (non-hydrogen) atoms. The predicted molar refractivity (Wildman–Crippen MR) is 70.1 cm³/mol. The smallest absolute Gasteiger partial charge is 0.144 e. The third-order valence-electron chi connectivity index (χ3n) is 3.34. The van der Waals surface area contributed by atoms with E-state index in [1.54, 1.807) is 0 Å². The van der Waals surface area contributed by atoms with Crippen LogP contribution < -0.4 is 20.3 Å². The molecule has 0 aliphatic carbocycles. The van der Waals surface area contributed by atoms with Gasteiger partial charge in [-0.3, -0.25) is 0 Å². The average molecular weight is 233 g/mol. The molecule has 0 bridgehead atoms. The highest BCUT2D eigenvalue weighted by Crippen LogP contribution is 2.33. The van der Waals surface area contributed by atoms with Crippen molar-refractivity contribution in [1.82, 2.24) is 5.32 Å². The molecule has 1 unspecified atom stereocenters. The van der Waals surface area contributed by atoms with Crippen LogP contribution in [0.2, 0.25) is 0 Å². The molecule has 1 atom stereocenters. The normalized spacial score (nSPS) is 23.6. The molecule has 1 fully saturated rings. The van der Waals surface area contributed by atoms with Crippen LogP contribution in [0.5, 0.6) is 5.75 Å². The number of rotatable bonds is 1. The quantitative estimate of drug-likeness (QED) is 0.766. The fourth-order valence-electron chi connectivity index (χ4n) is 2.39. The molecule has 1 saturated heterocycles. The van der Waals surface area contributed by atoms with Gasteiger partial charge in [0, 0.05) is 37.9 Å². The van der Waals surface area contributed by atoms with E-state index in [1.165, 1.54) is 5.69 Å². The summed E-state index contributed by atoms with van der Waals surface area (Å²) < 4.78 is 5.76. The van der Waals surface area contributed by atoms with Crippen LogP contribution in [-0.4, -0.2) is 38.8 Å². The Bertz CT molecular complexity index is 402. The Hall–Kier alpha value is -1.42. The highest BCUT2D eigenvalue weighted by atomic mass is 16.5. The number of hydrogen-bond donors (Lipinski definition) is 2. The molecule has 2 heterocycles. The van der Waals surface area contributed by atoms with Crippen LogP contribution in [0.3, 0.4) is 0 Å². The van der Waals surface area contributed by atoms with Crippen LogP contribution in [0, 0.1) is 0 Å². The van der Waals surface area contributed by atoms with E-state index in [0.29, 0.717) is 6.04 Å². The van der Waals surface area contributed by atoms with E-state index >= 15 is 0 Å². The third kappa shape index (κ3) is 2.17. The van der Waals surface area contributed by atoms with Gasteiger partial charge in [-0.2, -0.15) is 0 Å². The van der Waals surface area contributed by atoms with Crippen LogP contribution in [-0.2, 0) is 0 Å². The molecule has 0 amide bonds. The summed E-state index contributed by atoms with van der Waals surface area (Å²) in [6.45, 7) is 7.15. The highest BCUT2D eigenvalue weighted by Gasteiger charge is 2.17. The lowest BCUT2D eigenvalue weighted by Gasteiger charge is -2.31. The maximum Gasteiger partial charge on any atom is 0.144 e. The van der Waals surface area contributed by atoms with Crippen molar-refractivity contribution in [1.29, 1.82) is 0 Å². The fourth-order valence-corrected chi connectivity index (χ4v) is 2.39. The van der Waals surface area contributed by atoms with E-state index in [4.69, 9.17) is 4.74 Å². The molecule has 4 nitrogen and oxygen atoms in total. The van der Waals surface area contributed by atoms with Crippen LogP contribution in [0.15, 0.2) is 18.2 Å². The maximum atomic E-state index is 5.76. The van der Waals surface area contributed by atoms with Gasteiger partial charge in [-0.05, 0) is 19.1 Å². The van der Waals surface area contributed by atoms with E-state index in [9.17, 15) is 0 Å². The maximum absolute atomic E-state index is 5.76. The first-order valence-corrected chi connectivity index (χ1v) is 6.32. The molecule has 2 aliphatic heterocycles. The largest absolute Gasteiger partial charge is 0.489 e. The lowest BCUT2D eigenvalue weighted by Crippen LogP contribution is -2.43. The second-order valence-corrected chi connectivity index (χ2v) is 4.77. The Kier molecular flexibility index (Phi) is 2.81. The molecule has 4 heteroatoms. The lowest BCUT2D eigenvalue weighted by atomic mass is 10.2. The van der Waals surface area contributed by atoms with Gasteiger partial charge in [0.25, 0.3) is 0 Å². The number of piperazine rings is 1. The lowest BCUT2D eigenvalue weighted by molar-refractivity contribution is 0.292. The number of anilines is 2. The molecule has 2 aliphatic rings. The molecule has 0 saturated carbocycles. The SMILES string of the molecule is CC1COc2cc(N3CCNCC3)ccc2N1. The zero-order chi connectivity index (χ0) is 11.7. The molecule has 0 aromatic heterocycles. The van der Waals surface area contributed by atoms with Gasteiger partial charge in [-0.1, -0.05) is 0 Å². The standard InChI is InChI=1S/C13H19N3O/c1-10-9-17-13-8-11(2-3-12(13)15-10)16-6-4-14-5-7-16/h2-3,8,10,14-15H,4-7,9H2,1H3. The monoisotopic (exact) mass is 233 g/mol. The van der Waals surface area contributed by atoms with E-state index in [2.05, 4.69) is 40.7 Å². The van der Waals surface area contributed by atoms with Crippen molar-refractivity contribution in [2.24, 2.45) is 0 Å². The zero-order valence-electron chi connectivity index (χ0n) is 10.2. The zero-order valence-corrected chi connectivity index (χ0v) is 10.2. The number of nitrogens with one attached hydrogen (secondary N) is 2. The minimum absolute atomic E-state index is 0.396. The molecular formula is C13H19N3O. The third-order valence-corrected chi connectivity index (χ3v) is 3.34. The number of hydrogen-bond acceptors (Lipinski definition) is 4. The number of nitrogens with zero attached hydrogens (tertiary/aromatic N) is 1. The van der Waals surface area contributed by atoms with Crippen molar-refractivity contribution >= 4 is 11.4 Å². The van der Waals surface area contributed by atoms with Gasteiger partial charge in [0.2, 0.25) is 0 Å². The van der Waals surface area contributed by atoms with E-state index in [-0.39, 0.29) is 0 Å². The highest BCUT2D eigenvalue weighted by molar-refractivity contribution is 5.66. The summed E-state index contributed by atoms with van der Waals surface area (Å²) in [4.78, 5) is 2.40. The number of fused-ring (bicyclic) bond motifs is 1. The first-order valence-electron chi connectivity index (χ1n) is 6.32. The molecule has 1 aromatic rings. The van der Waals surface area contributed by atoms with Crippen molar-refractivity contribution in [2.45, 2.75) is 13.0 Å². The number of benzene rings is 1. The van der Waals surface area contributed by atoms with Crippen molar-refractivity contribution in [3.63, 3.8) is 0 Å². The first kappa shape index (κ1) is 10.7. The van der Waals surface area contributed by atoms with Crippen molar-refractivity contribution < 1.29 is 4.74 Å². The van der Waals surface area contributed by atoms with Gasteiger partial charge in [-0.15, -0.1) is 0 Å². The van der Waals surface area contributed by atoms with Gasteiger partial charge >= 0.3 is 0 Å². The van der Waals surface area contributed by atoms with Gasteiger partial charge < -0.3 is 20.3 Å². The average Bonchev–Trinajstić information content (AvgIpc) is 2.39. The Morgan fingerprint density at radius 2 is 2.12 bits per heavy atom. The van der Waals surface area contributed by atoms with Crippen LogP contribution >= 0.6 is 0 Å². The number of ether oxygens (including phenoxy) is 1. The minimum Gasteiger partial charge on any atom is -0.489 e. The Labute approximate surface area is 102 Å². The molecule has 3 rings (SSSR count). The van der Waals surface area contributed by atoms with Crippen molar-refractivity contribution in [2.75, 3.05) is 43.0 Å². The van der Waals surface area contributed by atoms with Gasteiger partial charge in [-0.25, -0.2) is 0 Å². The van der Waals surface area contributed by atoms with Crippen LogP contribution in [0.25, 0.3) is 0 Å². The summed E-state index contributed by atoms with van der Waals surface area (Å²) in [5.74, 6) is 0.985. The summed E-state index contributed by atoms with van der Waals surface area (Å²) in [6.07, 6.45) is 0. The second kappa shape index (κ2) is 4.45. The fraction of sp³-hybridized carbons (Fsp3) is 0.538.